The zero-order chi connectivity index (χ0) is 38.4. The van der Waals surface area contributed by atoms with Crippen molar-refractivity contribution in [3.8, 4) is 23.1 Å². The van der Waals surface area contributed by atoms with Crippen molar-refractivity contribution < 1.29 is 28.9 Å². The van der Waals surface area contributed by atoms with E-state index in [0.717, 1.165) is 64.9 Å². The summed E-state index contributed by atoms with van der Waals surface area (Å²) in [6.45, 7) is 8.94. The molecule has 0 saturated carbocycles. The average molecular weight is 737 g/mol. The van der Waals surface area contributed by atoms with Crippen molar-refractivity contribution in [2.24, 2.45) is 16.8 Å². The maximum Gasteiger partial charge on any atom is 0.407 e. The number of aromatic amines is 2. The van der Waals surface area contributed by atoms with Crippen LogP contribution in [-0.4, -0.2) is 93.4 Å². The van der Waals surface area contributed by atoms with E-state index in [1.54, 1.807) is 11.1 Å². The fourth-order valence-electron chi connectivity index (χ4n) is 7.13. The van der Waals surface area contributed by atoms with E-state index in [4.69, 9.17) is 14.6 Å². The Labute approximate surface area is 315 Å². The summed E-state index contributed by atoms with van der Waals surface area (Å²) >= 11 is 0. The predicted molar refractivity (Wildman–Crippen MR) is 203 cm³/mol. The van der Waals surface area contributed by atoms with Gasteiger partial charge in [0.25, 0.3) is 0 Å². The number of benzene rings is 2. The molecule has 2 aliphatic rings. The van der Waals surface area contributed by atoms with E-state index >= 15 is 0 Å². The Hall–Kier alpha value is -5.68. The molecule has 4 heterocycles. The fourth-order valence-corrected chi connectivity index (χ4v) is 7.13. The van der Waals surface area contributed by atoms with Crippen molar-refractivity contribution in [1.29, 1.82) is 0 Å². The highest BCUT2D eigenvalue weighted by atomic mass is 17.2. The molecule has 54 heavy (non-hydrogen) atoms. The van der Waals surface area contributed by atoms with Gasteiger partial charge in [-0.05, 0) is 73.4 Å². The molecule has 2 aromatic carbocycles. The standard InChI is InChI=1S/C40H48N8O6/c1-24(2)34(42-23-54-53-6)38(49)48-20-8-10-33(48)37-43-29-18-15-27(21-30(29)44-37)12-11-26-13-16-28(17-14-26)31-22-41-36(45-31)32-9-7-19-47(32)39(50)35(25(3)4)46-40(51)52-5/h13-18,21-25,32-35H,7-10,19-20H2,1-6H3,(H,41,45)(H,43,44)(H,46,51)/t32-,33-,34-,35-/m0/s1. The first kappa shape index (κ1) is 38.1. The second-order valence-corrected chi connectivity index (χ2v) is 14.3. The number of carbonyl (C=O) groups is 3. The molecular weight excluding hydrogens is 688 g/mol. The van der Waals surface area contributed by atoms with Crippen LogP contribution in [0.1, 0.15) is 88.2 Å². The molecule has 6 rings (SSSR count). The number of aliphatic imine (C=N–C) groups is 1. The van der Waals surface area contributed by atoms with Crippen molar-refractivity contribution in [2.75, 3.05) is 27.3 Å². The van der Waals surface area contributed by atoms with Crippen LogP contribution in [0.5, 0.6) is 0 Å². The second kappa shape index (κ2) is 17.0. The molecule has 14 heteroatoms. The lowest BCUT2D eigenvalue weighted by atomic mass is 10.0. The van der Waals surface area contributed by atoms with E-state index < -0.39 is 18.2 Å². The van der Waals surface area contributed by atoms with Crippen LogP contribution in [0.4, 0.5) is 4.79 Å². The minimum Gasteiger partial charge on any atom is -0.453 e. The van der Waals surface area contributed by atoms with Gasteiger partial charge in [-0.3, -0.25) is 9.59 Å². The topological polar surface area (TPSA) is 167 Å². The van der Waals surface area contributed by atoms with Crippen molar-refractivity contribution in [3.63, 3.8) is 0 Å². The molecule has 0 spiro atoms. The van der Waals surface area contributed by atoms with E-state index in [1.165, 1.54) is 20.6 Å². The molecule has 3 amide bonds. The summed E-state index contributed by atoms with van der Waals surface area (Å²) in [5.74, 6) is 7.66. The van der Waals surface area contributed by atoms with Gasteiger partial charge in [-0.1, -0.05) is 51.7 Å². The van der Waals surface area contributed by atoms with E-state index in [9.17, 15) is 14.4 Å². The SMILES string of the molecule is COOC=N[C@H](C(=O)N1CCC[C@H]1c1nc2ccc(C#Cc3ccc(-c4cnc([C@@H]5CCCN5C(=O)[C@@H](NC(=O)OC)C(C)C)[nH]4)cc3)cc2[nH]1)C(C)C. The molecule has 0 bridgehead atoms. The highest BCUT2D eigenvalue weighted by Gasteiger charge is 2.38. The molecule has 0 radical (unpaired) electrons. The highest BCUT2D eigenvalue weighted by molar-refractivity contribution is 5.86. The number of rotatable bonds is 11. The van der Waals surface area contributed by atoms with Gasteiger partial charge in [0.05, 0.1) is 49.2 Å². The molecule has 4 atom stereocenters. The molecule has 4 aromatic rings. The number of imidazole rings is 2. The molecule has 0 unspecified atom stereocenters. The van der Waals surface area contributed by atoms with Crippen LogP contribution in [0.2, 0.25) is 0 Å². The fraction of sp³-hybridized carbons (Fsp3) is 0.450. The van der Waals surface area contributed by atoms with Gasteiger partial charge in [0.2, 0.25) is 18.2 Å². The van der Waals surface area contributed by atoms with E-state index in [-0.39, 0.29) is 35.7 Å². The van der Waals surface area contributed by atoms with Gasteiger partial charge >= 0.3 is 6.09 Å². The number of nitrogens with one attached hydrogen (secondary N) is 3. The summed E-state index contributed by atoms with van der Waals surface area (Å²) in [6, 6.07) is 12.1. The number of hydrogen-bond acceptors (Lipinski definition) is 9. The molecular formula is C40H48N8O6. The number of carbonyl (C=O) groups excluding carboxylic acids is 3. The lowest BCUT2D eigenvalue weighted by Gasteiger charge is -2.30. The smallest absolute Gasteiger partial charge is 0.407 e. The molecule has 0 aliphatic carbocycles. The normalized spacial score (nSPS) is 18.3. The summed E-state index contributed by atoms with van der Waals surface area (Å²) in [7, 11) is 2.68. The molecule has 2 aromatic heterocycles. The van der Waals surface area contributed by atoms with Gasteiger partial charge < -0.3 is 34.7 Å². The number of likely N-dealkylation sites (tertiary alicyclic amines) is 2. The number of alkyl carbamates (subject to hydrolysis) is 1. The van der Waals surface area contributed by atoms with Crippen LogP contribution in [-0.2, 0) is 24.1 Å². The Morgan fingerprint density at radius 1 is 0.889 bits per heavy atom. The number of ether oxygens (including phenoxy) is 1. The van der Waals surface area contributed by atoms with E-state index in [1.807, 2.05) is 75.1 Å². The summed E-state index contributed by atoms with van der Waals surface area (Å²) in [5, 5.41) is 2.69. The first-order valence-electron chi connectivity index (χ1n) is 18.4. The third kappa shape index (κ3) is 8.42. The Morgan fingerprint density at radius 3 is 2.22 bits per heavy atom. The summed E-state index contributed by atoms with van der Waals surface area (Å²) in [5.41, 5.74) is 5.15. The number of fused-ring (bicyclic) bond motifs is 1. The Bertz CT molecular complexity index is 2040. The van der Waals surface area contributed by atoms with Crippen molar-refractivity contribution in [1.82, 2.24) is 35.1 Å². The zero-order valence-corrected chi connectivity index (χ0v) is 31.6. The van der Waals surface area contributed by atoms with Crippen LogP contribution in [0.3, 0.4) is 0 Å². The Balaban J connectivity index is 1.12. The monoisotopic (exact) mass is 736 g/mol. The minimum absolute atomic E-state index is 0.0173. The Morgan fingerprint density at radius 2 is 1.56 bits per heavy atom. The first-order valence-corrected chi connectivity index (χ1v) is 18.4. The molecule has 2 fully saturated rings. The van der Waals surface area contributed by atoms with Gasteiger partial charge in [0.15, 0.2) is 0 Å². The lowest BCUT2D eigenvalue weighted by molar-refractivity contribution is -0.188. The lowest BCUT2D eigenvalue weighted by Crippen LogP contribution is -2.51. The van der Waals surface area contributed by atoms with Gasteiger partial charge in [-0.25, -0.2) is 19.8 Å². The van der Waals surface area contributed by atoms with Gasteiger partial charge in [0.1, 0.15) is 23.7 Å². The summed E-state index contributed by atoms with van der Waals surface area (Å²) < 4.78 is 4.75. The highest BCUT2D eigenvalue weighted by Crippen LogP contribution is 2.34. The second-order valence-electron chi connectivity index (χ2n) is 14.3. The number of amides is 3. The number of H-pyrrole nitrogens is 2. The molecule has 2 saturated heterocycles. The van der Waals surface area contributed by atoms with Crippen LogP contribution >= 0.6 is 0 Å². The van der Waals surface area contributed by atoms with Crippen molar-refractivity contribution in [3.05, 3.63) is 71.4 Å². The third-order valence-electron chi connectivity index (χ3n) is 9.98. The van der Waals surface area contributed by atoms with Crippen LogP contribution in [0, 0.1) is 23.7 Å². The van der Waals surface area contributed by atoms with Crippen molar-refractivity contribution >= 4 is 35.3 Å². The summed E-state index contributed by atoms with van der Waals surface area (Å²) in [4.78, 5) is 72.7. The van der Waals surface area contributed by atoms with Crippen molar-refractivity contribution in [2.45, 2.75) is 77.5 Å². The van der Waals surface area contributed by atoms with Gasteiger partial charge in [-0.2, -0.15) is 4.89 Å². The molecule has 3 N–H and O–H groups in total. The van der Waals surface area contributed by atoms with Crippen LogP contribution in [0.25, 0.3) is 22.3 Å². The maximum absolute atomic E-state index is 13.5. The van der Waals surface area contributed by atoms with E-state index in [0.29, 0.717) is 18.9 Å². The van der Waals surface area contributed by atoms with Crippen LogP contribution < -0.4 is 5.32 Å². The van der Waals surface area contributed by atoms with E-state index in [2.05, 4.69) is 42.0 Å². The third-order valence-corrected chi connectivity index (χ3v) is 9.98. The molecule has 2 aliphatic heterocycles. The minimum atomic E-state index is -0.688. The predicted octanol–water partition coefficient (Wildman–Crippen LogP) is 5.69. The summed E-state index contributed by atoms with van der Waals surface area (Å²) in [6.07, 6.45) is 5.65. The quantitative estimate of drug-likeness (QED) is 0.0581. The Kier molecular flexibility index (Phi) is 12.0. The molecule has 284 valence electrons. The average Bonchev–Trinajstić information content (AvgIpc) is 4.00. The number of nitrogens with zero attached hydrogens (tertiary/aromatic N) is 5. The largest absolute Gasteiger partial charge is 0.453 e. The zero-order valence-electron chi connectivity index (χ0n) is 31.6. The number of hydrogen-bond donors (Lipinski definition) is 3. The maximum atomic E-state index is 13.5. The molecule has 14 nitrogen and oxygen atoms in total. The van der Waals surface area contributed by atoms with Gasteiger partial charge in [0, 0.05) is 24.2 Å². The number of methoxy groups -OCH3 is 1. The first-order chi connectivity index (χ1) is 26.1. The van der Waals surface area contributed by atoms with Crippen LogP contribution in [0.15, 0.2) is 53.7 Å². The number of aromatic nitrogens is 4. The van der Waals surface area contributed by atoms with Gasteiger partial charge in [-0.15, -0.1) is 0 Å².